The van der Waals surface area contributed by atoms with Crippen molar-refractivity contribution < 1.29 is 9.59 Å². The summed E-state index contributed by atoms with van der Waals surface area (Å²) < 4.78 is 0. The van der Waals surface area contributed by atoms with E-state index in [1.165, 1.54) is 0 Å². The number of anilines is 4. The van der Waals surface area contributed by atoms with Crippen LogP contribution in [0.2, 0.25) is 15.1 Å². The van der Waals surface area contributed by atoms with E-state index in [1.54, 1.807) is 42.5 Å². The van der Waals surface area contributed by atoms with Gasteiger partial charge >= 0.3 is 0 Å². The molecule has 0 aliphatic carbocycles. The van der Waals surface area contributed by atoms with Gasteiger partial charge in [0, 0.05) is 17.1 Å². The zero-order valence-electron chi connectivity index (χ0n) is 15.6. The molecule has 0 fully saturated rings. The van der Waals surface area contributed by atoms with Crippen LogP contribution in [0.25, 0.3) is 0 Å². The highest BCUT2D eigenvalue weighted by atomic mass is 35.5. The topological polar surface area (TPSA) is 116 Å². The van der Waals surface area contributed by atoms with Gasteiger partial charge in [0.1, 0.15) is 5.82 Å². The first kappa shape index (κ1) is 21.2. The lowest BCUT2D eigenvalue weighted by Gasteiger charge is -2.24. The minimum Gasteiger partial charge on any atom is -0.326 e. The van der Waals surface area contributed by atoms with Gasteiger partial charge in [-0.1, -0.05) is 46.9 Å². The number of rotatable bonds is 4. The average molecular weight is 479 g/mol. The Labute approximate surface area is 190 Å². The maximum Gasteiger partial charge on any atom is 0.258 e. The van der Waals surface area contributed by atoms with Crippen molar-refractivity contribution in [3.8, 4) is 0 Å². The van der Waals surface area contributed by atoms with Crippen molar-refractivity contribution in [2.75, 3.05) is 16.0 Å². The lowest BCUT2D eigenvalue weighted by molar-refractivity contribution is -0.123. The molecule has 1 aliphatic rings. The van der Waals surface area contributed by atoms with E-state index in [-0.39, 0.29) is 39.5 Å². The Hall–Kier alpha value is -3.07. The fourth-order valence-corrected chi connectivity index (χ4v) is 3.72. The first-order chi connectivity index (χ1) is 14.8. The maximum atomic E-state index is 12.9. The number of carbonyl (C=O) groups excluding carboxylic acids is 2. The number of nitrogens with one attached hydrogen (secondary N) is 4. The summed E-state index contributed by atoms with van der Waals surface area (Å²) in [5, 5.41) is 9.00. The highest BCUT2D eigenvalue weighted by Crippen LogP contribution is 2.33. The van der Waals surface area contributed by atoms with Crippen LogP contribution >= 0.6 is 34.8 Å². The van der Waals surface area contributed by atoms with Gasteiger partial charge in [0.25, 0.3) is 5.56 Å². The van der Waals surface area contributed by atoms with E-state index in [0.717, 1.165) is 0 Å². The normalized spacial score (nSPS) is 15.1. The van der Waals surface area contributed by atoms with E-state index in [1.807, 2.05) is 0 Å². The van der Waals surface area contributed by atoms with E-state index >= 15 is 0 Å². The number of H-pyrrole nitrogens is 1. The molecule has 0 radical (unpaired) electrons. The summed E-state index contributed by atoms with van der Waals surface area (Å²) in [5.41, 5.74) is 0.344. The first-order valence-electron chi connectivity index (χ1n) is 9.03. The number of nitrogens with zero attached hydrogens (tertiary/aromatic N) is 1. The molecule has 0 saturated heterocycles. The second-order valence-electron chi connectivity index (χ2n) is 6.71. The van der Waals surface area contributed by atoms with Crippen molar-refractivity contribution in [3.63, 3.8) is 0 Å². The SMILES string of the molecule is O=C1CC(C(=O)Nc2cccc(Cl)c2Cl)c2c(nc(Nc3cccc(Cl)c3)[nH]c2=O)N1. The van der Waals surface area contributed by atoms with Crippen molar-refractivity contribution in [3.05, 3.63) is 73.4 Å². The van der Waals surface area contributed by atoms with Crippen molar-refractivity contribution in [2.45, 2.75) is 12.3 Å². The van der Waals surface area contributed by atoms with Gasteiger partial charge in [-0.3, -0.25) is 19.4 Å². The van der Waals surface area contributed by atoms with E-state index in [9.17, 15) is 14.4 Å². The fraction of sp³-hybridized carbons (Fsp3) is 0.100. The lowest BCUT2D eigenvalue weighted by atomic mass is 9.92. The van der Waals surface area contributed by atoms with Gasteiger partial charge in [0.15, 0.2) is 0 Å². The molecular weight excluding hydrogens is 465 g/mol. The molecule has 0 spiro atoms. The molecule has 1 aromatic heterocycles. The molecule has 11 heteroatoms. The number of halogens is 3. The molecule has 4 rings (SSSR count). The van der Waals surface area contributed by atoms with E-state index in [0.29, 0.717) is 10.7 Å². The summed E-state index contributed by atoms with van der Waals surface area (Å²) in [6, 6.07) is 11.6. The van der Waals surface area contributed by atoms with Crippen molar-refractivity contribution >= 4 is 69.8 Å². The highest BCUT2D eigenvalue weighted by molar-refractivity contribution is 6.44. The minimum absolute atomic E-state index is 0.00173. The van der Waals surface area contributed by atoms with Gasteiger partial charge in [-0.15, -0.1) is 0 Å². The van der Waals surface area contributed by atoms with Gasteiger partial charge < -0.3 is 16.0 Å². The molecule has 2 aromatic carbocycles. The van der Waals surface area contributed by atoms with Gasteiger partial charge in [0.2, 0.25) is 17.8 Å². The van der Waals surface area contributed by atoms with Crippen LogP contribution in [0.3, 0.4) is 0 Å². The summed E-state index contributed by atoms with van der Waals surface area (Å²) in [5.74, 6) is -2.00. The van der Waals surface area contributed by atoms with Gasteiger partial charge in [0.05, 0.1) is 27.2 Å². The van der Waals surface area contributed by atoms with Gasteiger partial charge in [-0.2, -0.15) is 4.98 Å². The number of hydrogen-bond acceptors (Lipinski definition) is 5. The lowest BCUT2D eigenvalue weighted by Crippen LogP contribution is -2.36. The molecule has 8 nitrogen and oxygen atoms in total. The number of carbonyl (C=O) groups is 2. The maximum absolute atomic E-state index is 12.9. The monoisotopic (exact) mass is 477 g/mol. The number of benzene rings is 2. The first-order valence-corrected chi connectivity index (χ1v) is 10.2. The number of fused-ring (bicyclic) bond motifs is 1. The largest absolute Gasteiger partial charge is 0.326 e. The molecule has 0 bridgehead atoms. The second kappa shape index (κ2) is 8.58. The molecule has 1 unspecified atom stereocenters. The van der Waals surface area contributed by atoms with E-state index in [2.05, 4.69) is 25.9 Å². The number of aromatic amines is 1. The molecule has 3 aromatic rings. The third-order valence-electron chi connectivity index (χ3n) is 4.56. The molecule has 1 aliphatic heterocycles. The Morgan fingerprint density at radius 1 is 1.10 bits per heavy atom. The molecule has 2 heterocycles. The predicted molar refractivity (Wildman–Crippen MR) is 121 cm³/mol. The summed E-state index contributed by atoms with van der Waals surface area (Å²) in [6.45, 7) is 0. The van der Waals surface area contributed by atoms with E-state index < -0.39 is 23.3 Å². The molecule has 2 amide bonds. The highest BCUT2D eigenvalue weighted by Gasteiger charge is 2.35. The summed E-state index contributed by atoms with van der Waals surface area (Å²) >= 11 is 18.1. The predicted octanol–water partition coefficient (Wildman–Crippen LogP) is 4.54. The van der Waals surface area contributed by atoms with Crippen molar-refractivity contribution in [1.82, 2.24) is 9.97 Å². The number of amides is 2. The Bertz CT molecular complexity index is 1260. The van der Waals surface area contributed by atoms with Crippen LogP contribution in [0, 0.1) is 0 Å². The van der Waals surface area contributed by atoms with Crippen LogP contribution < -0.4 is 21.5 Å². The summed E-state index contributed by atoms with van der Waals surface area (Å²) in [6.07, 6.45) is -0.219. The second-order valence-corrected chi connectivity index (χ2v) is 7.93. The van der Waals surface area contributed by atoms with Crippen LogP contribution in [0.15, 0.2) is 47.3 Å². The van der Waals surface area contributed by atoms with Crippen LogP contribution in [-0.2, 0) is 9.59 Å². The fourth-order valence-electron chi connectivity index (χ4n) is 3.18. The standard InChI is InChI=1S/C20H14Cl3N5O3/c21-9-3-1-4-10(7-9)24-20-27-17-15(19(31)28-20)11(8-14(29)26-17)18(30)25-13-6-2-5-12(22)16(13)23/h1-7,11H,8H2,(H,25,30)(H3,24,26,27,28,29,31). The van der Waals surface area contributed by atoms with Crippen LogP contribution in [0.4, 0.5) is 23.1 Å². The molecule has 158 valence electrons. The minimum atomic E-state index is -1.06. The van der Waals surface area contributed by atoms with Gasteiger partial charge in [-0.05, 0) is 30.3 Å². The van der Waals surface area contributed by atoms with Crippen LogP contribution in [0.5, 0.6) is 0 Å². The quantitative estimate of drug-likeness (QED) is 0.439. The average Bonchev–Trinajstić information content (AvgIpc) is 2.70. The zero-order valence-corrected chi connectivity index (χ0v) is 17.9. The number of aromatic nitrogens is 2. The third kappa shape index (κ3) is 4.51. The molecule has 1 atom stereocenters. The third-order valence-corrected chi connectivity index (χ3v) is 5.62. The van der Waals surface area contributed by atoms with E-state index in [4.69, 9.17) is 34.8 Å². The molecule has 31 heavy (non-hydrogen) atoms. The smallest absolute Gasteiger partial charge is 0.258 e. The van der Waals surface area contributed by atoms with Gasteiger partial charge in [-0.25, -0.2) is 0 Å². The van der Waals surface area contributed by atoms with Crippen molar-refractivity contribution in [1.29, 1.82) is 0 Å². The molecular formula is C20H14Cl3N5O3. The Kier molecular flexibility index (Phi) is 5.86. The Balaban J connectivity index is 1.66. The number of hydrogen-bond donors (Lipinski definition) is 4. The molecule has 4 N–H and O–H groups in total. The van der Waals surface area contributed by atoms with Crippen molar-refractivity contribution in [2.24, 2.45) is 0 Å². The zero-order chi connectivity index (χ0) is 22.1. The molecule has 0 saturated carbocycles. The Morgan fingerprint density at radius 3 is 2.65 bits per heavy atom. The summed E-state index contributed by atoms with van der Waals surface area (Å²) in [4.78, 5) is 44.7. The van der Waals surface area contributed by atoms with Crippen LogP contribution in [0.1, 0.15) is 17.9 Å². The van der Waals surface area contributed by atoms with Crippen LogP contribution in [-0.4, -0.2) is 21.8 Å². The Morgan fingerprint density at radius 2 is 1.87 bits per heavy atom. The summed E-state index contributed by atoms with van der Waals surface area (Å²) in [7, 11) is 0.